The summed E-state index contributed by atoms with van der Waals surface area (Å²) in [7, 11) is 0. The second-order valence-corrected chi connectivity index (χ2v) is 3.62. The van der Waals surface area contributed by atoms with Gasteiger partial charge in [-0.2, -0.15) is 0 Å². The molecule has 1 unspecified atom stereocenters. The third-order valence-electron chi connectivity index (χ3n) is 2.20. The molecule has 1 fully saturated rings. The van der Waals surface area contributed by atoms with Crippen LogP contribution in [0.3, 0.4) is 0 Å². The molecule has 6 heteroatoms. The molecule has 1 aromatic rings. The van der Waals surface area contributed by atoms with Crippen molar-refractivity contribution >= 4 is 17.7 Å². The Kier molecular flexibility index (Phi) is 2.83. The van der Waals surface area contributed by atoms with E-state index in [9.17, 15) is 4.79 Å². The van der Waals surface area contributed by atoms with Crippen LogP contribution in [0.5, 0.6) is 0 Å². The lowest BCUT2D eigenvalue weighted by molar-refractivity contribution is 0.123. The molecule has 1 saturated heterocycles. The molecular weight excluding hydrogens is 220 g/mol. The second-order valence-electron chi connectivity index (χ2n) is 3.25. The van der Waals surface area contributed by atoms with Gasteiger partial charge in [-0.15, -0.1) is 0 Å². The first kappa shape index (κ1) is 10.3. The van der Waals surface area contributed by atoms with Crippen molar-refractivity contribution in [3.05, 3.63) is 23.1 Å². The number of nitrogens with two attached hydrogens (primary N) is 1. The van der Waals surface area contributed by atoms with Crippen molar-refractivity contribution in [2.75, 3.05) is 19.6 Å². The van der Waals surface area contributed by atoms with Gasteiger partial charge in [-0.05, 0) is 23.7 Å². The number of rotatable bonds is 3. The maximum absolute atomic E-state index is 11.3. The summed E-state index contributed by atoms with van der Waals surface area (Å²) in [5, 5.41) is 0.290. The standard InChI is InChI=1S/C9H11ClN2O3/c10-8-2-1-6(14-8)7-5-12(4-3-11)9(13)15-7/h1-2,7H,3-5,11H2. The molecule has 2 N–H and O–H groups in total. The van der Waals surface area contributed by atoms with E-state index in [2.05, 4.69) is 0 Å². The Hall–Kier alpha value is -1.20. The van der Waals surface area contributed by atoms with E-state index in [1.54, 1.807) is 17.0 Å². The largest absolute Gasteiger partial charge is 0.446 e. The summed E-state index contributed by atoms with van der Waals surface area (Å²) < 4.78 is 10.3. The second kappa shape index (κ2) is 4.12. The van der Waals surface area contributed by atoms with Crippen LogP contribution in [0.4, 0.5) is 4.79 Å². The number of nitrogens with zero attached hydrogens (tertiary/aromatic N) is 1. The molecule has 0 bridgehead atoms. The van der Waals surface area contributed by atoms with E-state index >= 15 is 0 Å². The van der Waals surface area contributed by atoms with Crippen molar-refractivity contribution in [2.45, 2.75) is 6.10 Å². The fourth-order valence-corrected chi connectivity index (χ4v) is 1.65. The molecule has 1 atom stereocenters. The van der Waals surface area contributed by atoms with Gasteiger partial charge in [0.05, 0.1) is 6.54 Å². The van der Waals surface area contributed by atoms with E-state index in [4.69, 9.17) is 26.5 Å². The van der Waals surface area contributed by atoms with Gasteiger partial charge in [-0.3, -0.25) is 0 Å². The molecule has 1 aromatic heterocycles. The van der Waals surface area contributed by atoms with Crippen molar-refractivity contribution < 1.29 is 13.9 Å². The minimum atomic E-state index is -0.378. The van der Waals surface area contributed by atoms with Crippen LogP contribution < -0.4 is 5.73 Å². The SMILES string of the molecule is NCCN1CC(c2ccc(Cl)o2)OC1=O. The van der Waals surface area contributed by atoms with Crippen LogP contribution in [0.1, 0.15) is 11.9 Å². The van der Waals surface area contributed by atoms with Gasteiger partial charge in [0, 0.05) is 13.1 Å². The summed E-state index contributed by atoms with van der Waals surface area (Å²) in [5.74, 6) is 0.563. The number of hydrogen-bond acceptors (Lipinski definition) is 4. The van der Waals surface area contributed by atoms with Gasteiger partial charge in [0.15, 0.2) is 11.3 Å². The molecule has 0 radical (unpaired) electrons. The maximum Gasteiger partial charge on any atom is 0.410 e. The lowest BCUT2D eigenvalue weighted by Crippen LogP contribution is -2.30. The number of furan rings is 1. The summed E-state index contributed by atoms with van der Waals surface area (Å²) >= 11 is 5.63. The van der Waals surface area contributed by atoms with Crippen molar-refractivity contribution in [3.63, 3.8) is 0 Å². The third kappa shape index (κ3) is 2.08. The highest BCUT2D eigenvalue weighted by Gasteiger charge is 2.33. The van der Waals surface area contributed by atoms with Crippen molar-refractivity contribution in [2.24, 2.45) is 5.73 Å². The molecule has 1 aliphatic heterocycles. The molecule has 2 rings (SSSR count). The summed E-state index contributed by atoms with van der Waals surface area (Å²) in [4.78, 5) is 12.9. The normalized spacial score (nSPS) is 20.8. The zero-order valence-corrected chi connectivity index (χ0v) is 8.74. The highest BCUT2D eigenvalue weighted by atomic mass is 35.5. The Morgan fingerprint density at radius 2 is 2.40 bits per heavy atom. The van der Waals surface area contributed by atoms with Gasteiger partial charge in [0.1, 0.15) is 5.76 Å². The van der Waals surface area contributed by atoms with Gasteiger partial charge < -0.3 is 19.8 Å². The molecule has 5 nitrogen and oxygen atoms in total. The number of cyclic esters (lactones) is 1. The Bertz CT molecular complexity index is 366. The first-order valence-electron chi connectivity index (χ1n) is 4.61. The van der Waals surface area contributed by atoms with Crippen LogP contribution in [0.2, 0.25) is 5.22 Å². The van der Waals surface area contributed by atoms with Gasteiger partial charge >= 0.3 is 6.09 Å². The van der Waals surface area contributed by atoms with Gasteiger partial charge in [-0.25, -0.2) is 4.79 Å². The smallest absolute Gasteiger partial charge is 0.410 e. The predicted molar refractivity (Wildman–Crippen MR) is 53.6 cm³/mol. The van der Waals surface area contributed by atoms with Crippen molar-refractivity contribution in [1.82, 2.24) is 4.90 Å². The van der Waals surface area contributed by atoms with Crippen LogP contribution in [0.15, 0.2) is 16.5 Å². The van der Waals surface area contributed by atoms with Crippen molar-refractivity contribution in [3.8, 4) is 0 Å². The van der Waals surface area contributed by atoms with E-state index in [1.165, 1.54) is 0 Å². The summed E-state index contributed by atoms with van der Waals surface area (Å²) in [6.45, 7) is 1.37. The van der Waals surface area contributed by atoms with E-state index in [0.717, 1.165) is 0 Å². The molecule has 1 aliphatic rings. The summed E-state index contributed by atoms with van der Waals surface area (Å²) in [6.07, 6.45) is -0.741. The summed E-state index contributed by atoms with van der Waals surface area (Å²) in [6, 6.07) is 3.32. The quantitative estimate of drug-likeness (QED) is 0.852. The summed E-state index contributed by atoms with van der Waals surface area (Å²) in [5.41, 5.74) is 5.36. The molecule has 82 valence electrons. The molecule has 1 amide bonds. The average molecular weight is 231 g/mol. The fourth-order valence-electron chi connectivity index (χ4n) is 1.50. The van der Waals surface area contributed by atoms with Crippen LogP contribution in [0, 0.1) is 0 Å². The van der Waals surface area contributed by atoms with Gasteiger partial charge in [0.25, 0.3) is 0 Å². The minimum absolute atomic E-state index is 0.290. The maximum atomic E-state index is 11.3. The van der Waals surface area contributed by atoms with Gasteiger partial charge in [-0.1, -0.05) is 0 Å². The van der Waals surface area contributed by atoms with Crippen LogP contribution in [-0.2, 0) is 4.74 Å². The van der Waals surface area contributed by atoms with E-state index < -0.39 is 0 Å². The van der Waals surface area contributed by atoms with Crippen molar-refractivity contribution in [1.29, 1.82) is 0 Å². The Morgan fingerprint density at radius 1 is 1.60 bits per heavy atom. The Labute approximate surface area is 91.7 Å². The monoisotopic (exact) mass is 230 g/mol. The molecule has 15 heavy (non-hydrogen) atoms. The number of halogens is 1. The Balaban J connectivity index is 2.05. The zero-order chi connectivity index (χ0) is 10.8. The topological polar surface area (TPSA) is 68.7 Å². The average Bonchev–Trinajstić information content (AvgIpc) is 2.75. The number of amides is 1. The van der Waals surface area contributed by atoms with Crippen LogP contribution in [-0.4, -0.2) is 30.6 Å². The molecule has 0 aromatic carbocycles. The molecule has 0 saturated carbocycles. The molecular formula is C9H11ClN2O3. The number of carbonyl (C=O) groups excluding carboxylic acids is 1. The highest BCUT2D eigenvalue weighted by Crippen LogP contribution is 2.28. The first-order chi connectivity index (χ1) is 7.20. The fraction of sp³-hybridized carbons (Fsp3) is 0.444. The third-order valence-corrected chi connectivity index (χ3v) is 2.40. The minimum Gasteiger partial charge on any atom is -0.446 e. The van der Waals surface area contributed by atoms with Crippen LogP contribution in [0.25, 0.3) is 0 Å². The molecule has 2 heterocycles. The zero-order valence-electron chi connectivity index (χ0n) is 7.98. The lowest BCUT2D eigenvalue weighted by atomic mass is 10.3. The first-order valence-corrected chi connectivity index (χ1v) is 4.99. The van der Waals surface area contributed by atoms with E-state index in [1.807, 2.05) is 0 Å². The van der Waals surface area contributed by atoms with E-state index in [-0.39, 0.29) is 12.2 Å². The molecule has 0 aliphatic carbocycles. The highest BCUT2D eigenvalue weighted by molar-refractivity contribution is 6.28. The molecule has 0 spiro atoms. The lowest BCUT2D eigenvalue weighted by Gasteiger charge is -2.09. The van der Waals surface area contributed by atoms with Gasteiger partial charge in [0.2, 0.25) is 0 Å². The number of hydrogen-bond donors (Lipinski definition) is 1. The van der Waals surface area contributed by atoms with E-state index in [0.29, 0.717) is 30.6 Å². The Morgan fingerprint density at radius 3 is 3.00 bits per heavy atom. The number of carbonyl (C=O) groups is 1. The van der Waals surface area contributed by atoms with Crippen LogP contribution >= 0.6 is 11.6 Å². The predicted octanol–water partition coefficient (Wildman–Crippen LogP) is 1.39. The number of ether oxygens (including phenoxy) is 1.